The Hall–Kier alpha value is -1.77. The average Bonchev–Trinajstić information content (AvgIpc) is 2.89. The Morgan fingerprint density at radius 2 is 1.79 bits per heavy atom. The molecular formula is C15H28N6O2S. The number of urea groups is 1. The molecule has 1 N–H and O–H groups in total. The summed E-state index contributed by atoms with van der Waals surface area (Å²) in [6.45, 7) is 6.61. The quantitative estimate of drug-likeness (QED) is 0.643. The van der Waals surface area contributed by atoms with Gasteiger partial charge in [-0.05, 0) is 6.42 Å². The van der Waals surface area contributed by atoms with E-state index in [2.05, 4.69) is 15.4 Å². The first kappa shape index (κ1) is 20.3. The first-order valence-corrected chi connectivity index (χ1v) is 8.79. The van der Waals surface area contributed by atoms with Gasteiger partial charge in [-0.1, -0.05) is 32.5 Å². The topological polar surface area (TPSA) is 83.4 Å². The zero-order valence-corrected chi connectivity index (χ0v) is 16.4. The number of amides is 3. The van der Waals surface area contributed by atoms with Crippen LogP contribution in [0.15, 0.2) is 5.16 Å². The molecule has 0 spiro atoms. The molecule has 1 rings (SSSR count). The van der Waals surface area contributed by atoms with Crippen molar-refractivity contribution in [3.8, 4) is 0 Å². The molecular weight excluding hydrogens is 328 g/mol. The number of hydrogen-bond donors (Lipinski definition) is 1. The van der Waals surface area contributed by atoms with Crippen LogP contribution < -0.4 is 5.32 Å². The summed E-state index contributed by atoms with van der Waals surface area (Å²) in [5.41, 5.74) is -0.229. The summed E-state index contributed by atoms with van der Waals surface area (Å²) in [6, 6.07) is -0.331. The fraction of sp³-hybridized carbons (Fsp3) is 0.733. The van der Waals surface area contributed by atoms with Gasteiger partial charge in [0.2, 0.25) is 0 Å². The minimum atomic E-state index is -0.229. The number of thioether (sulfide) groups is 1. The molecule has 1 heterocycles. The molecule has 0 saturated carbocycles. The van der Waals surface area contributed by atoms with Crippen LogP contribution >= 0.6 is 11.8 Å². The smallest absolute Gasteiger partial charge is 0.338 e. The van der Waals surface area contributed by atoms with Crippen LogP contribution in [-0.2, 0) is 5.41 Å². The lowest BCUT2D eigenvalue weighted by molar-refractivity contribution is 0.213. The number of hydrogen-bond acceptors (Lipinski definition) is 5. The molecule has 136 valence electrons. The highest BCUT2D eigenvalue weighted by Gasteiger charge is 2.25. The maximum Gasteiger partial charge on any atom is 0.346 e. The third kappa shape index (κ3) is 5.70. The second-order valence-electron chi connectivity index (χ2n) is 6.89. The van der Waals surface area contributed by atoms with Gasteiger partial charge in [0.05, 0.1) is 0 Å². The third-order valence-corrected chi connectivity index (χ3v) is 4.06. The lowest BCUT2D eigenvalue weighted by Crippen LogP contribution is -2.35. The molecule has 9 heteroatoms. The highest BCUT2D eigenvalue weighted by Crippen LogP contribution is 2.23. The van der Waals surface area contributed by atoms with Crippen molar-refractivity contribution in [1.82, 2.24) is 29.9 Å². The van der Waals surface area contributed by atoms with Gasteiger partial charge in [-0.3, -0.25) is 0 Å². The van der Waals surface area contributed by atoms with E-state index >= 15 is 0 Å². The lowest BCUT2D eigenvalue weighted by atomic mass is 9.96. The molecule has 0 aliphatic carbocycles. The second kappa shape index (κ2) is 8.36. The maximum absolute atomic E-state index is 12.3. The van der Waals surface area contributed by atoms with Crippen LogP contribution in [0.1, 0.15) is 33.0 Å². The van der Waals surface area contributed by atoms with Crippen molar-refractivity contribution in [3.63, 3.8) is 0 Å². The molecule has 0 bridgehead atoms. The van der Waals surface area contributed by atoms with E-state index in [4.69, 9.17) is 0 Å². The molecule has 0 fully saturated rings. The van der Waals surface area contributed by atoms with Crippen molar-refractivity contribution in [1.29, 1.82) is 0 Å². The predicted octanol–water partition coefficient (Wildman–Crippen LogP) is 1.86. The molecule has 0 aliphatic heterocycles. The fourth-order valence-corrected chi connectivity index (χ4v) is 2.48. The molecule has 24 heavy (non-hydrogen) atoms. The Morgan fingerprint density at radius 1 is 1.17 bits per heavy atom. The van der Waals surface area contributed by atoms with Crippen LogP contribution in [0, 0.1) is 0 Å². The first-order chi connectivity index (χ1) is 11.0. The molecule has 0 unspecified atom stereocenters. The Kier molecular flexibility index (Phi) is 7.07. The van der Waals surface area contributed by atoms with Crippen LogP contribution in [0.4, 0.5) is 9.59 Å². The van der Waals surface area contributed by atoms with E-state index < -0.39 is 0 Å². The van der Waals surface area contributed by atoms with E-state index in [0.29, 0.717) is 17.5 Å². The van der Waals surface area contributed by atoms with Crippen LogP contribution in [0.5, 0.6) is 0 Å². The van der Waals surface area contributed by atoms with Crippen molar-refractivity contribution in [2.75, 3.05) is 40.5 Å². The molecule has 0 radical (unpaired) electrons. The van der Waals surface area contributed by atoms with E-state index in [0.717, 1.165) is 12.2 Å². The van der Waals surface area contributed by atoms with Crippen molar-refractivity contribution in [3.05, 3.63) is 5.82 Å². The number of rotatable bonds is 5. The highest BCUT2D eigenvalue weighted by molar-refractivity contribution is 7.99. The average molecular weight is 356 g/mol. The Bertz CT molecular complexity index is 577. The van der Waals surface area contributed by atoms with Crippen LogP contribution in [0.3, 0.4) is 0 Å². The predicted molar refractivity (Wildman–Crippen MR) is 95.6 cm³/mol. The summed E-state index contributed by atoms with van der Waals surface area (Å²) in [5.74, 6) is 1.37. The zero-order chi connectivity index (χ0) is 18.5. The summed E-state index contributed by atoms with van der Waals surface area (Å²) >= 11 is 1.47. The second-order valence-corrected chi connectivity index (χ2v) is 7.95. The molecule has 0 aromatic carbocycles. The zero-order valence-electron chi connectivity index (χ0n) is 15.6. The Labute approximate surface area is 148 Å². The van der Waals surface area contributed by atoms with Crippen LogP contribution in [0.25, 0.3) is 0 Å². The summed E-state index contributed by atoms with van der Waals surface area (Å²) < 4.78 is 1.35. The maximum atomic E-state index is 12.3. The summed E-state index contributed by atoms with van der Waals surface area (Å²) in [6.07, 6.45) is 0.776. The normalized spacial score (nSPS) is 11.3. The summed E-state index contributed by atoms with van der Waals surface area (Å²) in [4.78, 5) is 31.2. The van der Waals surface area contributed by atoms with Crippen LogP contribution in [0.2, 0.25) is 0 Å². The number of carbonyl (C=O) groups is 2. The molecule has 0 atom stereocenters. The van der Waals surface area contributed by atoms with Gasteiger partial charge in [-0.2, -0.15) is 4.68 Å². The molecule has 0 aliphatic rings. The van der Waals surface area contributed by atoms with Gasteiger partial charge in [0.1, 0.15) is 0 Å². The van der Waals surface area contributed by atoms with Gasteiger partial charge >= 0.3 is 12.1 Å². The van der Waals surface area contributed by atoms with Gasteiger partial charge in [0.25, 0.3) is 0 Å². The van der Waals surface area contributed by atoms with E-state index in [-0.39, 0.29) is 17.5 Å². The number of aromatic nitrogens is 3. The van der Waals surface area contributed by atoms with Gasteiger partial charge < -0.3 is 15.1 Å². The monoisotopic (exact) mass is 356 g/mol. The lowest BCUT2D eigenvalue weighted by Gasteiger charge is -2.13. The number of carbonyl (C=O) groups excluding carboxylic acids is 2. The van der Waals surface area contributed by atoms with Gasteiger partial charge in [0.15, 0.2) is 11.0 Å². The molecule has 3 amide bonds. The largest absolute Gasteiger partial charge is 0.346 e. The third-order valence-electron chi connectivity index (χ3n) is 3.05. The number of nitrogens with one attached hydrogen (secondary N) is 1. The van der Waals surface area contributed by atoms with Crippen molar-refractivity contribution >= 4 is 23.8 Å². The summed E-state index contributed by atoms with van der Waals surface area (Å²) in [5, 5.41) is 7.76. The van der Waals surface area contributed by atoms with Crippen molar-refractivity contribution in [2.45, 2.75) is 37.8 Å². The van der Waals surface area contributed by atoms with Crippen molar-refractivity contribution < 1.29 is 9.59 Å². The molecule has 1 aromatic rings. The van der Waals surface area contributed by atoms with Gasteiger partial charge in [-0.15, -0.1) is 5.10 Å². The van der Waals surface area contributed by atoms with Crippen molar-refractivity contribution in [2.24, 2.45) is 0 Å². The van der Waals surface area contributed by atoms with E-state index in [1.165, 1.54) is 26.2 Å². The van der Waals surface area contributed by atoms with Gasteiger partial charge in [-0.25, -0.2) is 14.6 Å². The van der Waals surface area contributed by atoms with E-state index in [1.54, 1.807) is 28.2 Å². The SMILES string of the molecule is CN(C)C(=O)NCCCSc1nc(C(C)(C)C)nn1C(=O)N(C)C. The summed E-state index contributed by atoms with van der Waals surface area (Å²) in [7, 11) is 6.78. The molecule has 1 aromatic heterocycles. The number of nitrogens with zero attached hydrogens (tertiary/aromatic N) is 5. The Morgan fingerprint density at radius 3 is 2.29 bits per heavy atom. The van der Waals surface area contributed by atoms with Crippen LogP contribution in [-0.4, -0.2) is 77.1 Å². The fourth-order valence-electron chi connectivity index (χ4n) is 1.61. The highest BCUT2D eigenvalue weighted by atomic mass is 32.2. The molecule has 8 nitrogen and oxygen atoms in total. The standard InChI is InChI=1S/C15H28N6O2S/c1-15(2,3)11-17-13(21(18-11)14(23)20(6)7)24-10-8-9-16-12(22)19(4)5/h8-10H2,1-7H3,(H,16,22). The molecule has 0 saturated heterocycles. The van der Waals surface area contributed by atoms with E-state index in [1.807, 2.05) is 20.8 Å². The van der Waals surface area contributed by atoms with E-state index in [9.17, 15) is 9.59 Å². The minimum Gasteiger partial charge on any atom is -0.338 e. The first-order valence-electron chi connectivity index (χ1n) is 7.81. The minimum absolute atomic E-state index is 0.110. The Balaban J connectivity index is 2.70. The van der Waals surface area contributed by atoms with Gasteiger partial charge in [0, 0.05) is 45.9 Å².